The number of aliphatic carboxylic acids is 1. The van der Waals surface area contributed by atoms with Crippen LogP contribution in [0, 0.1) is 5.92 Å². The number of rotatable bonds is 12. The molecule has 1 saturated carbocycles. The minimum atomic E-state index is -0.943. The van der Waals surface area contributed by atoms with Crippen LogP contribution < -0.4 is 4.74 Å². The van der Waals surface area contributed by atoms with Gasteiger partial charge in [0.2, 0.25) is 0 Å². The van der Waals surface area contributed by atoms with Crippen molar-refractivity contribution in [2.75, 3.05) is 13.2 Å². The van der Waals surface area contributed by atoms with Crippen molar-refractivity contribution >= 4 is 23.4 Å². The number of para-hydroxylation sites is 1. The first-order valence-electron chi connectivity index (χ1n) is 9.63. The molecule has 2 rings (SSSR count). The standard InChI is InChI=1S/C21H27ClO7/c22-16-8-5-6-9-19(16)28-12-14(23)13-29-21-15(17(24)11-18(21)25)7-3-1-2-4-10-20(26)27/h1,3,5-6,8-9,14-15,18,21,23,25H,2,4,7,10-13H2,(H,26,27). The number of hydrogen-bond donors (Lipinski definition) is 3. The van der Waals surface area contributed by atoms with E-state index in [1.165, 1.54) is 0 Å². The summed E-state index contributed by atoms with van der Waals surface area (Å²) in [5.41, 5.74) is 0. The Morgan fingerprint density at radius 2 is 2.03 bits per heavy atom. The van der Waals surface area contributed by atoms with Gasteiger partial charge in [-0.05, 0) is 31.4 Å². The fourth-order valence-corrected chi connectivity index (χ4v) is 3.36. The van der Waals surface area contributed by atoms with E-state index in [0.717, 1.165) is 0 Å². The van der Waals surface area contributed by atoms with Crippen LogP contribution in [0.25, 0.3) is 0 Å². The van der Waals surface area contributed by atoms with Crippen LogP contribution in [0.5, 0.6) is 5.75 Å². The molecule has 0 aromatic heterocycles. The lowest BCUT2D eigenvalue weighted by atomic mass is 9.99. The van der Waals surface area contributed by atoms with Crippen molar-refractivity contribution in [3.05, 3.63) is 41.4 Å². The Morgan fingerprint density at radius 1 is 1.28 bits per heavy atom. The van der Waals surface area contributed by atoms with Gasteiger partial charge < -0.3 is 24.8 Å². The number of aliphatic hydroxyl groups excluding tert-OH is 2. The Hall–Kier alpha value is -1.93. The maximum absolute atomic E-state index is 12.1. The van der Waals surface area contributed by atoms with Crippen LogP contribution in [0.15, 0.2) is 36.4 Å². The Morgan fingerprint density at radius 3 is 2.76 bits per heavy atom. The molecule has 0 spiro atoms. The van der Waals surface area contributed by atoms with Gasteiger partial charge in [-0.25, -0.2) is 0 Å². The zero-order chi connectivity index (χ0) is 21.2. The van der Waals surface area contributed by atoms with Crippen molar-refractivity contribution in [1.29, 1.82) is 0 Å². The van der Waals surface area contributed by atoms with Crippen molar-refractivity contribution in [2.24, 2.45) is 5.92 Å². The largest absolute Gasteiger partial charge is 0.489 e. The summed E-state index contributed by atoms with van der Waals surface area (Å²) < 4.78 is 11.1. The molecule has 0 radical (unpaired) electrons. The van der Waals surface area contributed by atoms with Crippen LogP contribution in [0.3, 0.4) is 0 Å². The van der Waals surface area contributed by atoms with Crippen molar-refractivity contribution in [2.45, 2.75) is 50.4 Å². The van der Waals surface area contributed by atoms with Gasteiger partial charge in [0.05, 0.1) is 23.8 Å². The molecule has 0 amide bonds. The van der Waals surface area contributed by atoms with Gasteiger partial charge in [-0.15, -0.1) is 0 Å². The first-order valence-corrected chi connectivity index (χ1v) is 10.0. The summed E-state index contributed by atoms with van der Waals surface area (Å²) in [6, 6.07) is 6.91. The molecule has 1 aliphatic carbocycles. The third kappa shape index (κ3) is 7.78. The highest BCUT2D eigenvalue weighted by Gasteiger charge is 2.41. The maximum atomic E-state index is 12.1. The number of unbranched alkanes of at least 4 members (excludes halogenated alkanes) is 1. The van der Waals surface area contributed by atoms with E-state index in [-0.39, 0.29) is 31.8 Å². The Labute approximate surface area is 174 Å². The molecule has 4 unspecified atom stereocenters. The lowest BCUT2D eigenvalue weighted by Crippen LogP contribution is -2.34. The predicted molar refractivity (Wildman–Crippen MR) is 107 cm³/mol. The van der Waals surface area contributed by atoms with Crippen LogP contribution in [-0.2, 0) is 14.3 Å². The summed E-state index contributed by atoms with van der Waals surface area (Å²) in [7, 11) is 0. The third-order valence-electron chi connectivity index (χ3n) is 4.67. The molecular weight excluding hydrogens is 400 g/mol. The number of ether oxygens (including phenoxy) is 2. The van der Waals surface area contributed by atoms with Crippen LogP contribution in [-0.4, -0.2) is 58.6 Å². The first-order chi connectivity index (χ1) is 13.9. The summed E-state index contributed by atoms with van der Waals surface area (Å²) in [6.07, 6.45) is 2.77. The van der Waals surface area contributed by atoms with Crippen molar-refractivity contribution < 1.29 is 34.4 Å². The van der Waals surface area contributed by atoms with Crippen molar-refractivity contribution in [3.63, 3.8) is 0 Å². The number of halogens is 1. The topological polar surface area (TPSA) is 113 Å². The third-order valence-corrected chi connectivity index (χ3v) is 4.98. The fraction of sp³-hybridized carbons (Fsp3) is 0.524. The number of carbonyl (C=O) groups excluding carboxylic acids is 1. The molecule has 160 valence electrons. The molecule has 1 aromatic rings. The molecule has 29 heavy (non-hydrogen) atoms. The van der Waals surface area contributed by atoms with Gasteiger partial charge >= 0.3 is 5.97 Å². The molecule has 7 nitrogen and oxygen atoms in total. The average molecular weight is 427 g/mol. The van der Waals surface area contributed by atoms with Crippen LogP contribution in [0.4, 0.5) is 0 Å². The number of allylic oxidation sites excluding steroid dienone is 2. The number of carboxylic acid groups (broad SMARTS) is 1. The fourth-order valence-electron chi connectivity index (χ4n) is 3.17. The SMILES string of the molecule is O=C(O)CCCC=CCC1C(=O)CC(O)C1OCC(O)COc1ccccc1Cl. The van der Waals surface area contributed by atoms with Gasteiger partial charge in [-0.2, -0.15) is 0 Å². The Bertz CT molecular complexity index is 706. The monoisotopic (exact) mass is 426 g/mol. The highest BCUT2D eigenvalue weighted by atomic mass is 35.5. The number of hydrogen-bond acceptors (Lipinski definition) is 6. The molecule has 0 saturated heterocycles. The maximum Gasteiger partial charge on any atom is 0.303 e. The zero-order valence-electron chi connectivity index (χ0n) is 16.1. The van der Waals surface area contributed by atoms with E-state index in [4.69, 9.17) is 26.2 Å². The smallest absolute Gasteiger partial charge is 0.303 e. The number of carbonyl (C=O) groups is 2. The number of Topliss-reactive ketones (excluding diaryl/α,β-unsaturated/α-hetero) is 1. The lowest BCUT2D eigenvalue weighted by Gasteiger charge is -2.22. The van der Waals surface area contributed by atoms with Crippen molar-refractivity contribution in [1.82, 2.24) is 0 Å². The zero-order valence-corrected chi connectivity index (χ0v) is 16.8. The number of carboxylic acids is 1. The van der Waals surface area contributed by atoms with E-state index in [9.17, 15) is 19.8 Å². The summed E-state index contributed by atoms with van der Waals surface area (Å²) in [4.78, 5) is 22.6. The van der Waals surface area contributed by atoms with Gasteiger partial charge in [0.1, 0.15) is 24.2 Å². The van der Waals surface area contributed by atoms with E-state index < -0.39 is 30.2 Å². The second-order valence-corrected chi connectivity index (χ2v) is 7.44. The molecular formula is C21H27ClO7. The first kappa shape index (κ1) is 23.3. The summed E-state index contributed by atoms with van der Waals surface area (Å²) in [6.45, 7) is -0.118. The molecule has 1 aromatic carbocycles. The Balaban J connectivity index is 1.77. The van der Waals surface area contributed by atoms with Gasteiger partial charge in [0.25, 0.3) is 0 Å². The quantitative estimate of drug-likeness (QED) is 0.347. The van der Waals surface area contributed by atoms with Gasteiger partial charge in [0.15, 0.2) is 0 Å². The second kappa shape index (κ2) is 11.9. The predicted octanol–water partition coefficient (Wildman–Crippen LogP) is 2.62. The molecule has 0 bridgehead atoms. The highest BCUT2D eigenvalue weighted by Crippen LogP contribution is 2.29. The van der Waals surface area contributed by atoms with Gasteiger partial charge in [-0.3, -0.25) is 9.59 Å². The van der Waals surface area contributed by atoms with E-state index in [1.54, 1.807) is 24.3 Å². The highest BCUT2D eigenvalue weighted by molar-refractivity contribution is 6.32. The molecule has 8 heteroatoms. The molecule has 1 aliphatic rings. The second-order valence-electron chi connectivity index (χ2n) is 7.03. The summed E-state index contributed by atoms with van der Waals surface area (Å²) >= 11 is 5.99. The van der Waals surface area contributed by atoms with Crippen LogP contribution in [0.2, 0.25) is 5.02 Å². The minimum Gasteiger partial charge on any atom is -0.489 e. The van der Waals surface area contributed by atoms with Crippen molar-refractivity contribution in [3.8, 4) is 5.75 Å². The van der Waals surface area contributed by atoms with E-state index in [0.29, 0.717) is 30.0 Å². The average Bonchev–Trinajstić information content (AvgIpc) is 2.94. The van der Waals surface area contributed by atoms with E-state index in [2.05, 4.69) is 0 Å². The summed E-state index contributed by atoms with van der Waals surface area (Å²) in [5, 5.41) is 29.3. The van der Waals surface area contributed by atoms with E-state index in [1.807, 2.05) is 12.2 Å². The lowest BCUT2D eigenvalue weighted by molar-refractivity contribution is -0.137. The van der Waals surface area contributed by atoms with Crippen LogP contribution in [0.1, 0.15) is 32.1 Å². The summed E-state index contributed by atoms with van der Waals surface area (Å²) in [5.74, 6) is -0.954. The Kier molecular flexibility index (Phi) is 9.60. The van der Waals surface area contributed by atoms with E-state index >= 15 is 0 Å². The number of aliphatic hydroxyl groups is 2. The van der Waals surface area contributed by atoms with Crippen LogP contribution >= 0.6 is 11.6 Å². The normalized spacial score (nSPS) is 22.9. The molecule has 3 N–H and O–H groups in total. The molecule has 0 aliphatic heterocycles. The molecule has 4 atom stereocenters. The van der Waals surface area contributed by atoms with Gasteiger partial charge in [0, 0.05) is 18.8 Å². The molecule has 1 fully saturated rings. The number of benzene rings is 1. The number of ketones is 1. The minimum absolute atomic E-state index is 0.0222. The molecule has 0 heterocycles. The van der Waals surface area contributed by atoms with Gasteiger partial charge in [-0.1, -0.05) is 35.9 Å².